The van der Waals surface area contributed by atoms with E-state index in [4.69, 9.17) is 0 Å². The summed E-state index contributed by atoms with van der Waals surface area (Å²) in [5, 5.41) is 3.73. The van der Waals surface area contributed by atoms with E-state index >= 15 is 0 Å². The first-order valence-corrected chi connectivity index (χ1v) is 8.48. The van der Waals surface area contributed by atoms with Crippen LogP contribution >= 0.6 is 11.8 Å². The molecule has 0 aromatic rings. The maximum Gasteiger partial charge on any atom is 0.00698 e. The fourth-order valence-electron chi connectivity index (χ4n) is 2.66. The van der Waals surface area contributed by atoms with Crippen LogP contribution in [0.1, 0.15) is 58.3 Å². The molecule has 0 spiro atoms. The third-order valence-corrected chi connectivity index (χ3v) is 4.52. The first-order chi connectivity index (χ1) is 7.86. The average Bonchev–Trinajstić information content (AvgIpc) is 2.76. The van der Waals surface area contributed by atoms with Crippen LogP contribution in [0, 0.1) is 5.92 Å². The fraction of sp³-hybridized carbons (Fsp3) is 1.00. The maximum absolute atomic E-state index is 3.73. The maximum atomic E-state index is 3.73. The van der Waals surface area contributed by atoms with Crippen molar-refractivity contribution in [3.05, 3.63) is 0 Å². The van der Waals surface area contributed by atoms with Gasteiger partial charge in [0.2, 0.25) is 0 Å². The summed E-state index contributed by atoms with van der Waals surface area (Å²) >= 11 is 1.97. The van der Waals surface area contributed by atoms with Gasteiger partial charge in [-0.25, -0.2) is 0 Å². The zero-order valence-electron chi connectivity index (χ0n) is 11.1. The monoisotopic (exact) mass is 243 g/mol. The predicted octanol–water partition coefficient (Wildman–Crippen LogP) is 4.08. The minimum absolute atomic E-state index is 0.844. The van der Waals surface area contributed by atoms with E-state index in [1.807, 2.05) is 11.8 Å². The van der Waals surface area contributed by atoms with Crippen molar-refractivity contribution >= 4 is 11.8 Å². The van der Waals surface area contributed by atoms with Gasteiger partial charge in [0.25, 0.3) is 0 Å². The largest absolute Gasteiger partial charge is 0.314 e. The molecule has 16 heavy (non-hydrogen) atoms. The van der Waals surface area contributed by atoms with Crippen LogP contribution in [0.15, 0.2) is 0 Å². The quantitative estimate of drug-likeness (QED) is 0.612. The molecule has 1 aliphatic rings. The molecule has 1 fully saturated rings. The van der Waals surface area contributed by atoms with E-state index in [-0.39, 0.29) is 0 Å². The number of nitrogens with one attached hydrogen (secondary N) is 1. The first-order valence-electron chi connectivity index (χ1n) is 7.09. The average molecular weight is 243 g/mol. The van der Waals surface area contributed by atoms with Gasteiger partial charge in [0.1, 0.15) is 0 Å². The lowest BCUT2D eigenvalue weighted by atomic mass is 10.1. The molecule has 0 bridgehead atoms. The normalized spacial score (nSPS) is 25.1. The molecule has 0 aromatic heterocycles. The summed E-state index contributed by atoms with van der Waals surface area (Å²) in [5.74, 6) is 2.35. The van der Waals surface area contributed by atoms with Crippen molar-refractivity contribution in [1.82, 2.24) is 5.32 Å². The lowest BCUT2D eigenvalue weighted by molar-refractivity contribution is 0.468. The molecule has 0 aliphatic heterocycles. The smallest absolute Gasteiger partial charge is 0.00698 e. The lowest BCUT2D eigenvalue weighted by Gasteiger charge is -2.12. The molecule has 2 unspecified atom stereocenters. The Labute approximate surface area is 106 Å². The summed E-state index contributed by atoms with van der Waals surface area (Å²) in [6.45, 7) is 3.58. The summed E-state index contributed by atoms with van der Waals surface area (Å²) in [7, 11) is 0. The second-order valence-corrected chi connectivity index (χ2v) is 6.13. The van der Waals surface area contributed by atoms with Crippen LogP contribution in [0.4, 0.5) is 0 Å². The van der Waals surface area contributed by atoms with Gasteiger partial charge < -0.3 is 5.32 Å². The van der Waals surface area contributed by atoms with Crippen molar-refractivity contribution in [2.45, 2.75) is 64.3 Å². The van der Waals surface area contributed by atoms with Crippen LogP contribution < -0.4 is 5.32 Å². The minimum atomic E-state index is 0.844. The number of unbranched alkanes of at least 4 members (excludes halogenated alkanes) is 3. The summed E-state index contributed by atoms with van der Waals surface area (Å²) in [4.78, 5) is 0. The molecule has 1 N–H and O–H groups in total. The molecule has 96 valence electrons. The van der Waals surface area contributed by atoms with Crippen molar-refractivity contribution in [3.8, 4) is 0 Å². The molecular weight excluding hydrogens is 214 g/mol. The van der Waals surface area contributed by atoms with Crippen molar-refractivity contribution in [3.63, 3.8) is 0 Å². The lowest BCUT2D eigenvalue weighted by Crippen LogP contribution is -2.27. The third-order valence-electron chi connectivity index (χ3n) is 3.83. The van der Waals surface area contributed by atoms with Gasteiger partial charge in [0.05, 0.1) is 0 Å². The van der Waals surface area contributed by atoms with Crippen LogP contribution in [-0.2, 0) is 0 Å². The van der Waals surface area contributed by atoms with Crippen LogP contribution in [0.5, 0.6) is 0 Å². The molecule has 2 heteroatoms. The molecule has 1 nitrogen and oxygen atoms in total. The molecule has 0 heterocycles. The second kappa shape index (κ2) is 9.35. The van der Waals surface area contributed by atoms with E-state index in [2.05, 4.69) is 18.5 Å². The summed E-state index contributed by atoms with van der Waals surface area (Å²) in [6, 6.07) is 0.844. The van der Waals surface area contributed by atoms with Crippen molar-refractivity contribution < 1.29 is 0 Å². The van der Waals surface area contributed by atoms with E-state index in [9.17, 15) is 0 Å². The fourth-order valence-corrected chi connectivity index (χ4v) is 3.16. The number of hydrogen-bond donors (Lipinski definition) is 1. The Morgan fingerprint density at radius 3 is 2.62 bits per heavy atom. The highest BCUT2D eigenvalue weighted by Crippen LogP contribution is 2.27. The van der Waals surface area contributed by atoms with Gasteiger partial charge >= 0.3 is 0 Å². The van der Waals surface area contributed by atoms with E-state index in [0.29, 0.717) is 0 Å². The topological polar surface area (TPSA) is 12.0 Å². The second-order valence-electron chi connectivity index (χ2n) is 5.15. The summed E-state index contributed by atoms with van der Waals surface area (Å²) in [6.07, 6.45) is 13.5. The van der Waals surface area contributed by atoms with E-state index < -0.39 is 0 Å². The highest BCUT2D eigenvalue weighted by Gasteiger charge is 2.22. The third kappa shape index (κ3) is 6.15. The Bertz CT molecular complexity index is 161. The Kier molecular flexibility index (Phi) is 8.40. The molecular formula is C14H29NS. The van der Waals surface area contributed by atoms with E-state index in [1.165, 1.54) is 63.7 Å². The minimum Gasteiger partial charge on any atom is -0.314 e. The van der Waals surface area contributed by atoms with Gasteiger partial charge in [0, 0.05) is 6.04 Å². The van der Waals surface area contributed by atoms with E-state index in [0.717, 1.165) is 12.0 Å². The van der Waals surface area contributed by atoms with Gasteiger partial charge in [-0.3, -0.25) is 0 Å². The van der Waals surface area contributed by atoms with Crippen LogP contribution in [0.25, 0.3) is 0 Å². The number of rotatable bonds is 9. The Morgan fingerprint density at radius 1 is 1.12 bits per heavy atom. The Balaban J connectivity index is 1.84. The zero-order valence-corrected chi connectivity index (χ0v) is 12.0. The van der Waals surface area contributed by atoms with Gasteiger partial charge in [-0.2, -0.15) is 11.8 Å². The van der Waals surface area contributed by atoms with Gasteiger partial charge in [-0.15, -0.1) is 0 Å². The SMILES string of the molecule is CCC1CCC(NCCCCCCSC)C1. The number of hydrogen-bond acceptors (Lipinski definition) is 2. The predicted molar refractivity (Wildman–Crippen MR) is 76.3 cm³/mol. The standard InChI is InChI=1S/C14H29NS/c1-3-13-8-9-14(12-13)15-10-6-4-5-7-11-16-2/h13-15H,3-12H2,1-2H3. The van der Waals surface area contributed by atoms with Crippen LogP contribution in [-0.4, -0.2) is 24.6 Å². The Morgan fingerprint density at radius 2 is 1.94 bits per heavy atom. The van der Waals surface area contributed by atoms with Crippen LogP contribution in [0.2, 0.25) is 0 Å². The zero-order chi connectivity index (χ0) is 11.6. The first kappa shape index (κ1) is 14.4. The number of thioether (sulfide) groups is 1. The molecule has 0 aromatic carbocycles. The van der Waals surface area contributed by atoms with Crippen molar-refractivity contribution in [1.29, 1.82) is 0 Å². The molecule has 0 radical (unpaired) electrons. The summed E-state index contributed by atoms with van der Waals surface area (Å²) in [5.41, 5.74) is 0. The molecule has 0 amide bonds. The van der Waals surface area contributed by atoms with Crippen molar-refractivity contribution in [2.75, 3.05) is 18.6 Å². The molecule has 0 saturated heterocycles. The molecule has 1 aliphatic carbocycles. The van der Waals surface area contributed by atoms with Gasteiger partial charge in [-0.1, -0.05) is 26.2 Å². The van der Waals surface area contributed by atoms with Gasteiger partial charge in [0.15, 0.2) is 0 Å². The van der Waals surface area contributed by atoms with Crippen LogP contribution in [0.3, 0.4) is 0 Å². The highest BCUT2D eigenvalue weighted by molar-refractivity contribution is 7.98. The Hall–Kier alpha value is 0.310. The molecule has 1 saturated carbocycles. The summed E-state index contributed by atoms with van der Waals surface area (Å²) < 4.78 is 0. The van der Waals surface area contributed by atoms with E-state index in [1.54, 1.807) is 0 Å². The van der Waals surface area contributed by atoms with Gasteiger partial charge in [-0.05, 0) is 56.6 Å². The highest BCUT2D eigenvalue weighted by atomic mass is 32.2. The van der Waals surface area contributed by atoms with Crippen molar-refractivity contribution in [2.24, 2.45) is 5.92 Å². The molecule has 1 rings (SSSR count). The molecule has 2 atom stereocenters.